The molecular formula is C15H19F2NO5. The number of alkyl halides is 2. The molecule has 23 heavy (non-hydrogen) atoms. The molecule has 128 valence electrons. The molecule has 1 N–H and O–H groups in total. The smallest absolute Gasteiger partial charge is 0.387 e. The molecule has 0 aromatic heterocycles. The van der Waals surface area contributed by atoms with Gasteiger partial charge in [-0.15, -0.1) is 0 Å². The minimum absolute atomic E-state index is 0.0380. The molecular weight excluding hydrogens is 312 g/mol. The Morgan fingerprint density at radius 3 is 2.48 bits per heavy atom. The van der Waals surface area contributed by atoms with Gasteiger partial charge in [-0.3, -0.25) is 4.79 Å². The fourth-order valence-corrected chi connectivity index (χ4v) is 1.57. The lowest BCUT2D eigenvalue weighted by Gasteiger charge is -2.11. The van der Waals surface area contributed by atoms with E-state index >= 15 is 0 Å². The second-order valence-electron chi connectivity index (χ2n) is 5.02. The lowest BCUT2D eigenvalue weighted by Crippen LogP contribution is -2.31. The quantitative estimate of drug-likeness (QED) is 0.740. The summed E-state index contributed by atoms with van der Waals surface area (Å²) >= 11 is 0. The average Bonchev–Trinajstić information content (AvgIpc) is 2.50. The number of halogens is 2. The highest BCUT2D eigenvalue weighted by atomic mass is 19.3. The molecule has 0 unspecified atom stereocenters. The lowest BCUT2D eigenvalue weighted by molar-refractivity contribution is -0.124. The zero-order chi connectivity index (χ0) is 17.4. The Kier molecular flexibility index (Phi) is 7.24. The van der Waals surface area contributed by atoms with Gasteiger partial charge in [-0.2, -0.15) is 8.78 Å². The number of rotatable bonds is 8. The number of hydrogen-bond donors (Lipinski definition) is 1. The number of methoxy groups -OCH3 is 1. The van der Waals surface area contributed by atoms with Gasteiger partial charge in [0.05, 0.1) is 12.7 Å². The lowest BCUT2D eigenvalue weighted by atomic mass is 10.2. The Hall–Kier alpha value is -2.38. The fourth-order valence-electron chi connectivity index (χ4n) is 1.57. The van der Waals surface area contributed by atoms with Crippen molar-refractivity contribution in [2.45, 2.75) is 20.5 Å². The molecule has 0 saturated carbocycles. The highest BCUT2D eigenvalue weighted by Gasteiger charge is 2.16. The molecule has 0 bridgehead atoms. The number of carbonyl (C=O) groups is 2. The third-order valence-corrected chi connectivity index (χ3v) is 2.66. The summed E-state index contributed by atoms with van der Waals surface area (Å²) < 4.78 is 38.4. The molecule has 0 saturated heterocycles. The predicted molar refractivity (Wildman–Crippen MR) is 77.8 cm³/mol. The molecule has 0 radical (unpaired) electrons. The predicted octanol–water partition coefficient (Wildman–Crippen LogP) is 2.23. The summed E-state index contributed by atoms with van der Waals surface area (Å²) in [6.07, 6.45) is 0. The number of nitrogens with one attached hydrogen (secondary N) is 1. The largest absolute Gasteiger partial charge is 0.493 e. The zero-order valence-corrected chi connectivity index (χ0v) is 13.1. The highest BCUT2D eigenvalue weighted by molar-refractivity contribution is 5.92. The van der Waals surface area contributed by atoms with E-state index in [1.807, 2.05) is 13.8 Å². The maximum atomic E-state index is 12.2. The van der Waals surface area contributed by atoms with Crippen LogP contribution in [0.2, 0.25) is 0 Å². The Balaban J connectivity index is 2.64. The van der Waals surface area contributed by atoms with Crippen LogP contribution in [-0.2, 0) is 9.53 Å². The molecule has 1 rings (SSSR count). The summed E-state index contributed by atoms with van der Waals surface area (Å²) in [6.45, 7) is 0.905. The van der Waals surface area contributed by atoms with Gasteiger partial charge in [0.25, 0.3) is 5.91 Å². The van der Waals surface area contributed by atoms with Crippen molar-refractivity contribution >= 4 is 11.9 Å². The monoisotopic (exact) mass is 331 g/mol. The molecule has 0 aliphatic heterocycles. The van der Waals surface area contributed by atoms with Crippen LogP contribution in [0.4, 0.5) is 8.78 Å². The van der Waals surface area contributed by atoms with E-state index in [0.717, 1.165) is 0 Å². The maximum absolute atomic E-state index is 12.2. The number of esters is 1. The minimum Gasteiger partial charge on any atom is -0.493 e. The van der Waals surface area contributed by atoms with E-state index in [0.29, 0.717) is 6.54 Å². The Morgan fingerprint density at radius 1 is 1.22 bits per heavy atom. The molecule has 1 aromatic rings. The summed E-state index contributed by atoms with van der Waals surface area (Å²) in [5, 5.41) is 2.60. The third kappa shape index (κ3) is 6.50. The van der Waals surface area contributed by atoms with Crippen LogP contribution < -0.4 is 14.8 Å². The summed E-state index contributed by atoms with van der Waals surface area (Å²) in [6, 6.07) is 3.61. The van der Waals surface area contributed by atoms with Gasteiger partial charge in [0, 0.05) is 6.54 Å². The van der Waals surface area contributed by atoms with Gasteiger partial charge in [-0.1, -0.05) is 13.8 Å². The van der Waals surface area contributed by atoms with E-state index in [1.165, 1.54) is 25.3 Å². The average molecular weight is 331 g/mol. The van der Waals surface area contributed by atoms with Crippen LogP contribution in [0.1, 0.15) is 24.2 Å². The molecule has 0 spiro atoms. The number of hydrogen-bond acceptors (Lipinski definition) is 5. The van der Waals surface area contributed by atoms with Crippen molar-refractivity contribution in [1.82, 2.24) is 5.32 Å². The van der Waals surface area contributed by atoms with E-state index < -0.39 is 25.1 Å². The van der Waals surface area contributed by atoms with Crippen molar-refractivity contribution in [3.05, 3.63) is 23.8 Å². The molecule has 1 aromatic carbocycles. The van der Waals surface area contributed by atoms with E-state index in [1.54, 1.807) is 0 Å². The molecule has 0 aliphatic carbocycles. The first-order chi connectivity index (χ1) is 10.8. The molecule has 0 heterocycles. The van der Waals surface area contributed by atoms with E-state index in [4.69, 9.17) is 9.47 Å². The normalized spacial score (nSPS) is 10.6. The van der Waals surface area contributed by atoms with Gasteiger partial charge in [-0.05, 0) is 24.1 Å². The summed E-state index contributed by atoms with van der Waals surface area (Å²) in [4.78, 5) is 23.3. The van der Waals surface area contributed by atoms with Gasteiger partial charge in [0.2, 0.25) is 0 Å². The third-order valence-electron chi connectivity index (χ3n) is 2.66. The van der Waals surface area contributed by atoms with Crippen LogP contribution in [0.3, 0.4) is 0 Å². The van der Waals surface area contributed by atoms with Crippen molar-refractivity contribution < 1.29 is 32.6 Å². The fraction of sp³-hybridized carbons (Fsp3) is 0.467. The van der Waals surface area contributed by atoms with E-state index in [-0.39, 0.29) is 23.0 Å². The van der Waals surface area contributed by atoms with E-state index in [2.05, 4.69) is 10.1 Å². The Labute approximate surface area is 132 Å². The second kappa shape index (κ2) is 8.92. The van der Waals surface area contributed by atoms with Gasteiger partial charge >= 0.3 is 12.6 Å². The first-order valence-electron chi connectivity index (χ1n) is 6.90. The number of carbonyl (C=O) groups excluding carboxylic acids is 2. The number of ether oxygens (including phenoxy) is 3. The minimum atomic E-state index is -3.01. The number of amides is 1. The van der Waals surface area contributed by atoms with Crippen LogP contribution in [0.25, 0.3) is 0 Å². The van der Waals surface area contributed by atoms with Crippen molar-refractivity contribution in [2.24, 2.45) is 5.92 Å². The first-order valence-corrected chi connectivity index (χ1v) is 6.90. The summed E-state index contributed by atoms with van der Waals surface area (Å²) in [5.74, 6) is -1.15. The molecule has 1 amide bonds. The second-order valence-corrected chi connectivity index (χ2v) is 5.02. The summed E-state index contributed by atoms with van der Waals surface area (Å²) in [7, 11) is 1.25. The molecule has 0 aliphatic rings. The SMILES string of the molecule is COc1cc(C(=O)OCC(=O)NCC(C)C)ccc1OC(F)F. The topological polar surface area (TPSA) is 73.9 Å². The maximum Gasteiger partial charge on any atom is 0.387 e. The van der Waals surface area contributed by atoms with Crippen molar-refractivity contribution in [1.29, 1.82) is 0 Å². The molecule has 8 heteroatoms. The number of benzene rings is 1. The van der Waals surface area contributed by atoms with Gasteiger partial charge in [-0.25, -0.2) is 4.79 Å². The van der Waals surface area contributed by atoms with Crippen molar-refractivity contribution in [3.63, 3.8) is 0 Å². The van der Waals surface area contributed by atoms with Crippen molar-refractivity contribution in [2.75, 3.05) is 20.3 Å². The Bertz CT molecular complexity index is 549. The van der Waals surface area contributed by atoms with Crippen LogP contribution in [-0.4, -0.2) is 38.7 Å². The first kappa shape index (κ1) is 18.7. The summed E-state index contributed by atoms with van der Waals surface area (Å²) in [5.41, 5.74) is 0.0557. The van der Waals surface area contributed by atoms with Crippen LogP contribution in [0.5, 0.6) is 11.5 Å². The Morgan fingerprint density at radius 2 is 1.91 bits per heavy atom. The van der Waals surface area contributed by atoms with Crippen LogP contribution >= 0.6 is 0 Å². The van der Waals surface area contributed by atoms with Gasteiger partial charge in [0.1, 0.15) is 0 Å². The van der Waals surface area contributed by atoms with Gasteiger partial charge < -0.3 is 19.5 Å². The van der Waals surface area contributed by atoms with Crippen molar-refractivity contribution in [3.8, 4) is 11.5 Å². The van der Waals surface area contributed by atoms with Crippen LogP contribution in [0.15, 0.2) is 18.2 Å². The van der Waals surface area contributed by atoms with Gasteiger partial charge in [0.15, 0.2) is 18.1 Å². The standard InChI is InChI=1S/C15H19F2NO5/c1-9(2)7-18-13(19)8-22-14(20)10-4-5-11(23-15(16)17)12(6-10)21-3/h4-6,9,15H,7-8H2,1-3H3,(H,18,19). The molecule has 0 fully saturated rings. The molecule has 6 nitrogen and oxygen atoms in total. The van der Waals surface area contributed by atoms with E-state index in [9.17, 15) is 18.4 Å². The molecule has 0 atom stereocenters. The van der Waals surface area contributed by atoms with Crippen LogP contribution in [0, 0.1) is 5.92 Å². The zero-order valence-electron chi connectivity index (χ0n) is 13.1. The highest BCUT2D eigenvalue weighted by Crippen LogP contribution is 2.29.